The van der Waals surface area contributed by atoms with Gasteiger partial charge in [0, 0.05) is 12.1 Å². The number of non-ortho nitro benzene ring substituents is 1. The highest BCUT2D eigenvalue weighted by Crippen LogP contribution is 2.37. The Bertz CT molecular complexity index is 1190. The van der Waals surface area contributed by atoms with Crippen LogP contribution in [0.15, 0.2) is 46.2 Å². The number of carbonyl (C=O) groups excluding carboxylic acids is 1. The van der Waals surface area contributed by atoms with Crippen LogP contribution in [0, 0.1) is 13.7 Å². The second-order valence-corrected chi connectivity index (χ2v) is 10.1. The summed E-state index contributed by atoms with van der Waals surface area (Å²) < 4.78 is 36.5. The van der Waals surface area contributed by atoms with E-state index in [9.17, 15) is 23.3 Å². The number of ether oxygens (including phenoxy) is 1. The van der Waals surface area contributed by atoms with Crippen molar-refractivity contribution in [1.82, 2.24) is 5.32 Å². The van der Waals surface area contributed by atoms with Crippen LogP contribution in [-0.4, -0.2) is 30.7 Å². The Morgan fingerprint density at radius 3 is 2.47 bits per heavy atom. The molecule has 0 bridgehead atoms. The van der Waals surface area contributed by atoms with Gasteiger partial charge >= 0.3 is 10.1 Å². The molecule has 1 N–H and O–H groups in total. The lowest BCUT2D eigenvalue weighted by molar-refractivity contribution is -0.384. The number of thiocarbonyl (C=S) groups is 1. The van der Waals surface area contributed by atoms with E-state index >= 15 is 0 Å². The fraction of sp³-hybridized carbons (Fsp3) is 0.0588. The number of amides is 1. The monoisotopic (exact) mass is 578 g/mol. The highest BCUT2D eigenvalue weighted by Gasteiger charge is 2.25. The number of nitro benzene ring substituents is 1. The SMILES string of the molecule is COc1cc(/C=C2\SC(=S)NC2=O)cc(I)c1OS(=O)(=O)c1ccc([N+](=O)[O-])cc1. The summed E-state index contributed by atoms with van der Waals surface area (Å²) in [4.78, 5) is 22.1. The smallest absolute Gasteiger partial charge is 0.339 e. The minimum Gasteiger partial charge on any atom is -0.493 e. The maximum atomic E-state index is 12.6. The van der Waals surface area contributed by atoms with Crippen molar-refractivity contribution in [2.45, 2.75) is 4.90 Å². The van der Waals surface area contributed by atoms with Crippen LogP contribution in [0.1, 0.15) is 5.56 Å². The van der Waals surface area contributed by atoms with Crippen molar-refractivity contribution < 1.29 is 27.1 Å². The highest BCUT2D eigenvalue weighted by atomic mass is 127. The average Bonchev–Trinajstić information content (AvgIpc) is 3.00. The lowest BCUT2D eigenvalue weighted by Gasteiger charge is -2.13. The Morgan fingerprint density at radius 1 is 1.27 bits per heavy atom. The first-order valence-corrected chi connectivity index (χ1v) is 11.6. The number of rotatable bonds is 6. The molecule has 0 radical (unpaired) electrons. The molecule has 1 fully saturated rings. The molecule has 1 heterocycles. The van der Waals surface area contributed by atoms with Crippen molar-refractivity contribution >= 4 is 78.7 Å². The number of nitro groups is 1. The fourth-order valence-electron chi connectivity index (χ4n) is 2.37. The molecular formula is C17H11IN2O7S3. The molecule has 30 heavy (non-hydrogen) atoms. The van der Waals surface area contributed by atoms with Gasteiger partial charge in [0.2, 0.25) is 0 Å². The highest BCUT2D eigenvalue weighted by molar-refractivity contribution is 14.1. The molecule has 156 valence electrons. The molecule has 1 aliphatic heterocycles. The molecule has 2 aromatic carbocycles. The van der Waals surface area contributed by atoms with Gasteiger partial charge in [-0.25, -0.2) is 0 Å². The van der Waals surface area contributed by atoms with Gasteiger partial charge in [0.25, 0.3) is 11.6 Å². The van der Waals surface area contributed by atoms with Gasteiger partial charge in [-0.3, -0.25) is 14.9 Å². The predicted octanol–water partition coefficient (Wildman–Crippen LogP) is 3.46. The topological polar surface area (TPSA) is 125 Å². The van der Waals surface area contributed by atoms with Gasteiger partial charge in [-0.1, -0.05) is 24.0 Å². The van der Waals surface area contributed by atoms with Crippen molar-refractivity contribution in [3.8, 4) is 11.5 Å². The van der Waals surface area contributed by atoms with Crippen LogP contribution in [0.4, 0.5) is 5.69 Å². The van der Waals surface area contributed by atoms with Gasteiger partial charge in [-0.05, 0) is 58.5 Å². The molecule has 1 saturated heterocycles. The molecule has 13 heteroatoms. The maximum absolute atomic E-state index is 12.6. The third kappa shape index (κ3) is 4.91. The number of benzene rings is 2. The summed E-state index contributed by atoms with van der Waals surface area (Å²) >= 11 is 7.95. The third-order valence-corrected chi connectivity index (χ3v) is 6.92. The summed E-state index contributed by atoms with van der Waals surface area (Å²) in [5, 5.41) is 13.3. The summed E-state index contributed by atoms with van der Waals surface area (Å²) in [6.45, 7) is 0. The largest absolute Gasteiger partial charge is 0.493 e. The van der Waals surface area contributed by atoms with Gasteiger partial charge in [0.15, 0.2) is 11.5 Å². The molecule has 0 spiro atoms. The standard InChI is InChI=1S/C17H11IN2O7S3/c1-26-13-7-9(8-14-16(21)19-17(28)29-14)6-12(18)15(13)27-30(24,25)11-4-2-10(3-5-11)20(22)23/h2-8H,1H3,(H,19,21,28)/b14-8-. The van der Waals surface area contributed by atoms with E-state index in [1.165, 1.54) is 13.2 Å². The van der Waals surface area contributed by atoms with E-state index in [-0.39, 0.29) is 28.0 Å². The van der Waals surface area contributed by atoms with Gasteiger partial charge in [-0.15, -0.1) is 0 Å². The number of nitrogens with zero attached hydrogens (tertiary/aromatic N) is 1. The molecule has 0 atom stereocenters. The molecule has 0 aromatic heterocycles. The van der Waals surface area contributed by atoms with E-state index in [2.05, 4.69) is 5.32 Å². The number of hydrogen-bond acceptors (Lipinski definition) is 9. The Morgan fingerprint density at radius 2 is 1.93 bits per heavy atom. The van der Waals surface area contributed by atoms with Crippen molar-refractivity contribution in [2.24, 2.45) is 0 Å². The van der Waals surface area contributed by atoms with E-state index in [1.54, 1.807) is 12.1 Å². The zero-order valence-corrected chi connectivity index (χ0v) is 19.6. The summed E-state index contributed by atoms with van der Waals surface area (Å²) in [6, 6.07) is 7.46. The first-order valence-electron chi connectivity index (χ1n) is 7.92. The predicted molar refractivity (Wildman–Crippen MR) is 123 cm³/mol. The zero-order chi connectivity index (χ0) is 22.1. The normalized spacial score (nSPS) is 15.2. The lowest BCUT2D eigenvalue weighted by atomic mass is 10.2. The van der Waals surface area contributed by atoms with Gasteiger partial charge in [0.05, 0.1) is 20.5 Å². The molecule has 0 unspecified atom stereocenters. The first-order chi connectivity index (χ1) is 14.1. The fourth-order valence-corrected chi connectivity index (χ4v) is 5.25. The van der Waals surface area contributed by atoms with Crippen LogP contribution in [0.25, 0.3) is 6.08 Å². The maximum Gasteiger partial charge on any atom is 0.339 e. The summed E-state index contributed by atoms with van der Waals surface area (Å²) in [7, 11) is -2.92. The molecule has 0 saturated carbocycles. The third-order valence-electron chi connectivity index (χ3n) is 3.72. The number of carbonyl (C=O) groups is 1. The second-order valence-electron chi connectivity index (χ2n) is 5.67. The van der Waals surface area contributed by atoms with Gasteiger partial charge < -0.3 is 14.2 Å². The molecule has 0 aliphatic carbocycles. The van der Waals surface area contributed by atoms with Gasteiger partial charge in [0.1, 0.15) is 9.22 Å². The molecule has 9 nitrogen and oxygen atoms in total. The first kappa shape index (κ1) is 22.5. The van der Waals surface area contributed by atoms with E-state index in [4.69, 9.17) is 21.1 Å². The van der Waals surface area contributed by atoms with E-state index < -0.39 is 15.0 Å². The van der Waals surface area contributed by atoms with E-state index in [0.29, 0.717) is 18.4 Å². The second kappa shape index (κ2) is 8.87. The number of hydrogen-bond donors (Lipinski definition) is 1. The van der Waals surface area contributed by atoms with Crippen molar-refractivity contribution in [1.29, 1.82) is 0 Å². The number of halogens is 1. The molecule has 2 aromatic rings. The lowest BCUT2D eigenvalue weighted by Crippen LogP contribution is -2.17. The number of nitrogens with one attached hydrogen (secondary N) is 1. The summed E-state index contributed by atoms with van der Waals surface area (Å²) in [5.41, 5.74) is 0.338. The quantitative estimate of drug-likeness (QED) is 0.137. The Labute approximate surface area is 194 Å². The summed E-state index contributed by atoms with van der Waals surface area (Å²) in [6.07, 6.45) is 1.60. The molecule has 1 aliphatic rings. The molecule has 3 rings (SSSR count). The Balaban J connectivity index is 1.94. The van der Waals surface area contributed by atoms with Crippen molar-refractivity contribution in [2.75, 3.05) is 7.11 Å². The molecule has 1 amide bonds. The minimum absolute atomic E-state index is 0.0438. The molecular weight excluding hydrogens is 567 g/mol. The number of thioether (sulfide) groups is 1. The van der Waals surface area contributed by atoms with Crippen LogP contribution in [0.3, 0.4) is 0 Å². The number of methoxy groups -OCH3 is 1. The van der Waals surface area contributed by atoms with Crippen LogP contribution >= 0.6 is 46.6 Å². The van der Waals surface area contributed by atoms with E-state index in [1.807, 2.05) is 22.6 Å². The van der Waals surface area contributed by atoms with Crippen molar-refractivity contribution in [3.05, 3.63) is 60.6 Å². The average molecular weight is 578 g/mol. The zero-order valence-electron chi connectivity index (χ0n) is 14.9. The van der Waals surface area contributed by atoms with Crippen LogP contribution in [0.2, 0.25) is 0 Å². The van der Waals surface area contributed by atoms with Gasteiger partial charge in [-0.2, -0.15) is 8.42 Å². The van der Waals surface area contributed by atoms with E-state index in [0.717, 1.165) is 36.0 Å². The van der Waals surface area contributed by atoms with Crippen molar-refractivity contribution in [3.63, 3.8) is 0 Å². The minimum atomic E-state index is -4.27. The summed E-state index contributed by atoms with van der Waals surface area (Å²) in [5.74, 6) is -0.233. The Kier molecular flexibility index (Phi) is 6.64. The van der Waals surface area contributed by atoms with Crippen LogP contribution in [0.5, 0.6) is 11.5 Å². The Hall–Kier alpha value is -2.23. The van der Waals surface area contributed by atoms with Crippen LogP contribution < -0.4 is 14.2 Å². The van der Waals surface area contributed by atoms with Crippen LogP contribution in [-0.2, 0) is 14.9 Å².